The Morgan fingerprint density at radius 2 is 2.00 bits per heavy atom. The van der Waals surface area contributed by atoms with E-state index in [1.54, 1.807) is 6.08 Å². The molecule has 130 valence electrons. The summed E-state index contributed by atoms with van der Waals surface area (Å²) in [6.45, 7) is 6.23. The fourth-order valence-electron chi connectivity index (χ4n) is 3.56. The zero-order valence-electron chi connectivity index (χ0n) is 14.4. The molecule has 0 saturated carbocycles. The van der Waals surface area contributed by atoms with Gasteiger partial charge in [0.05, 0.1) is 5.92 Å². The molecule has 0 amide bonds. The van der Waals surface area contributed by atoms with Crippen LogP contribution in [0.15, 0.2) is 10.6 Å². The van der Waals surface area contributed by atoms with Crippen LogP contribution in [0.4, 0.5) is 0 Å². The van der Waals surface area contributed by atoms with Crippen LogP contribution in [-0.2, 0) is 19.1 Å². The second kappa shape index (κ2) is 6.22. The molecule has 4 aliphatic rings. The summed E-state index contributed by atoms with van der Waals surface area (Å²) >= 11 is 3.45. The van der Waals surface area contributed by atoms with Gasteiger partial charge in [-0.05, 0) is 30.8 Å². The fraction of sp³-hybridized carbons (Fsp3) is 0.684. The Balaban J connectivity index is 2.00. The summed E-state index contributed by atoms with van der Waals surface area (Å²) in [7, 11) is 0. The molecule has 0 aromatic heterocycles. The number of fused-ring (bicyclic) bond motifs is 1. The molecule has 0 radical (unpaired) electrons. The van der Waals surface area contributed by atoms with Crippen molar-refractivity contribution < 1.29 is 19.1 Å². The molecule has 2 bridgehead atoms. The lowest BCUT2D eigenvalue weighted by molar-refractivity contribution is -0.182. The molecular formula is C19H23BrO4. The van der Waals surface area contributed by atoms with Crippen molar-refractivity contribution in [2.75, 3.05) is 0 Å². The molecule has 3 heterocycles. The second-order valence-electron chi connectivity index (χ2n) is 7.92. The standard InChI is InChI=1S/C19H23BrO4/c1-18(2,3)15-8-6-4-5-7-9-19-11-13(20)14(23-17(19)22)10-12(19)16(21)24-15/h11-12,14-15H,4-6,8,10H2,1-3H3/t12-,14+,15-,19+/m0/s1. The minimum atomic E-state index is -1.21. The van der Waals surface area contributed by atoms with E-state index in [0.717, 1.165) is 23.7 Å². The van der Waals surface area contributed by atoms with Gasteiger partial charge in [-0.25, -0.2) is 0 Å². The Morgan fingerprint density at radius 1 is 1.25 bits per heavy atom. The minimum Gasteiger partial charge on any atom is -0.462 e. The highest BCUT2D eigenvalue weighted by molar-refractivity contribution is 9.11. The van der Waals surface area contributed by atoms with Crippen LogP contribution in [0, 0.1) is 28.6 Å². The average Bonchev–Trinajstić information content (AvgIpc) is 2.51. The van der Waals surface area contributed by atoms with Gasteiger partial charge < -0.3 is 9.47 Å². The molecule has 1 saturated heterocycles. The summed E-state index contributed by atoms with van der Waals surface area (Å²) in [6.07, 6.45) is 5.03. The van der Waals surface area contributed by atoms with Crippen molar-refractivity contribution in [3.63, 3.8) is 0 Å². The fourth-order valence-corrected chi connectivity index (χ4v) is 4.20. The lowest BCUT2D eigenvalue weighted by Gasteiger charge is -2.44. The van der Waals surface area contributed by atoms with E-state index in [4.69, 9.17) is 9.47 Å². The third-order valence-electron chi connectivity index (χ3n) is 5.08. The molecule has 0 aromatic carbocycles. The van der Waals surface area contributed by atoms with Crippen molar-refractivity contribution in [1.29, 1.82) is 0 Å². The number of halogens is 1. The normalized spacial score (nSPS) is 36.3. The predicted octanol–water partition coefficient (Wildman–Crippen LogP) is 3.73. The Kier molecular flexibility index (Phi) is 4.55. The van der Waals surface area contributed by atoms with Crippen LogP contribution in [0.2, 0.25) is 0 Å². The number of ether oxygens (including phenoxy) is 2. The first-order valence-corrected chi connectivity index (χ1v) is 9.33. The van der Waals surface area contributed by atoms with E-state index in [0.29, 0.717) is 12.8 Å². The maximum atomic E-state index is 12.9. The summed E-state index contributed by atoms with van der Waals surface area (Å²) in [4.78, 5) is 25.5. The summed E-state index contributed by atoms with van der Waals surface area (Å²) < 4.78 is 12.1. The number of hydrogen-bond acceptors (Lipinski definition) is 4. The number of hydrogen-bond donors (Lipinski definition) is 0. The summed E-state index contributed by atoms with van der Waals surface area (Å²) in [5.74, 6) is 4.80. The molecule has 0 N–H and O–H groups in total. The van der Waals surface area contributed by atoms with Gasteiger partial charge in [0.2, 0.25) is 0 Å². The van der Waals surface area contributed by atoms with E-state index in [-0.39, 0.29) is 17.5 Å². The lowest BCUT2D eigenvalue weighted by Crippen LogP contribution is -2.53. The van der Waals surface area contributed by atoms with Crippen LogP contribution in [-0.4, -0.2) is 24.1 Å². The Morgan fingerprint density at radius 3 is 2.71 bits per heavy atom. The molecule has 1 spiro atoms. The van der Waals surface area contributed by atoms with E-state index < -0.39 is 23.4 Å². The Labute approximate surface area is 151 Å². The molecule has 0 aromatic rings. The third-order valence-corrected chi connectivity index (χ3v) is 5.82. The monoisotopic (exact) mass is 394 g/mol. The zero-order valence-corrected chi connectivity index (χ0v) is 15.9. The van der Waals surface area contributed by atoms with Crippen LogP contribution < -0.4 is 0 Å². The van der Waals surface area contributed by atoms with Crippen molar-refractivity contribution >= 4 is 27.9 Å². The zero-order chi connectivity index (χ0) is 17.5. The lowest BCUT2D eigenvalue weighted by atomic mass is 9.67. The van der Waals surface area contributed by atoms with Crippen LogP contribution in [0.1, 0.15) is 52.9 Å². The van der Waals surface area contributed by atoms with Crippen molar-refractivity contribution in [3.8, 4) is 11.8 Å². The first-order chi connectivity index (χ1) is 11.2. The maximum absolute atomic E-state index is 12.9. The summed E-state index contributed by atoms with van der Waals surface area (Å²) in [6, 6.07) is 0. The van der Waals surface area contributed by atoms with Crippen LogP contribution in [0.5, 0.6) is 0 Å². The summed E-state index contributed by atoms with van der Waals surface area (Å²) in [5, 5.41) is 0. The van der Waals surface area contributed by atoms with E-state index in [1.807, 2.05) is 0 Å². The highest BCUT2D eigenvalue weighted by Crippen LogP contribution is 2.49. The van der Waals surface area contributed by atoms with Gasteiger partial charge in [-0.1, -0.05) is 42.6 Å². The van der Waals surface area contributed by atoms with E-state index in [2.05, 4.69) is 48.5 Å². The second-order valence-corrected chi connectivity index (χ2v) is 8.84. The number of carbonyl (C=O) groups excluding carboxylic acids is 2. The average molecular weight is 395 g/mol. The molecule has 4 atom stereocenters. The summed E-state index contributed by atoms with van der Waals surface area (Å²) in [5.41, 5.74) is -1.35. The molecule has 4 rings (SSSR count). The van der Waals surface area contributed by atoms with Crippen LogP contribution in [0.25, 0.3) is 0 Å². The number of carbonyl (C=O) groups is 2. The van der Waals surface area contributed by atoms with E-state index in [9.17, 15) is 9.59 Å². The molecule has 0 unspecified atom stereocenters. The number of cyclic esters (lactones) is 1. The van der Waals surface area contributed by atoms with E-state index in [1.165, 1.54) is 0 Å². The van der Waals surface area contributed by atoms with Gasteiger partial charge in [0.1, 0.15) is 12.2 Å². The van der Waals surface area contributed by atoms with Crippen LogP contribution >= 0.6 is 15.9 Å². The Bertz CT molecular complexity index is 649. The van der Waals surface area contributed by atoms with E-state index >= 15 is 0 Å². The van der Waals surface area contributed by atoms with Crippen LogP contribution in [0.3, 0.4) is 0 Å². The van der Waals surface area contributed by atoms with Gasteiger partial charge in [-0.2, -0.15) is 0 Å². The van der Waals surface area contributed by atoms with Gasteiger partial charge in [0.15, 0.2) is 5.41 Å². The maximum Gasteiger partial charge on any atom is 0.329 e. The topological polar surface area (TPSA) is 52.6 Å². The highest BCUT2D eigenvalue weighted by atomic mass is 79.9. The quantitative estimate of drug-likeness (QED) is 0.463. The predicted molar refractivity (Wildman–Crippen MR) is 93.0 cm³/mol. The van der Waals surface area contributed by atoms with Crippen molar-refractivity contribution in [2.24, 2.45) is 16.7 Å². The first-order valence-electron chi connectivity index (χ1n) is 8.54. The molecular weight excluding hydrogens is 372 g/mol. The molecule has 1 fully saturated rings. The molecule has 3 aliphatic heterocycles. The molecule has 5 heteroatoms. The largest absolute Gasteiger partial charge is 0.462 e. The molecule has 24 heavy (non-hydrogen) atoms. The first kappa shape index (κ1) is 17.5. The third kappa shape index (κ3) is 3.01. The van der Waals surface area contributed by atoms with Crippen molar-refractivity contribution in [3.05, 3.63) is 10.6 Å². The number of rotatable bonds is 0. The number of esters is 2. The van der Waals surface area contributed by atoms with Crippen molar-refractivity contribution in [1.82, 2.24) is 0 Å². The Hall–Kier alpha value is -1.28. The van der Waals surface area contributed by atoms with Gasteiger partial charge >= 0.3 is 11.9 Å². The van der Waals surface area contributed by atoms with Gasteiger partial charge in [-0.15, -0.1) is 5.92 Å². The SMILES string of the molecule is CC(C)(C)[C@@H]1CCCCC#C[C@@]23C=C(Br)[C@@H](C[C@H]2C(=O)O1)OC3=O. The van der Waals surface area contributed by atoms with Gasteiger partial charge in [-0.3, -0.25) is 9.59 Å². The van der Waals surface area contributed by atoms with Gasteiger partial charge in [0.25, 0.3) is 0 Å². The molecule has 1 aliphatic carbocycles. The smallest absolute Gasteiger partial charge is 0.329 e. The molecule has 4 nitrogen and oxygen atoms in total. The highest BCUT2D eigenvalue weighted by Gasteiger charge is 2.58. The van der Waals surface area contributed by atoms with Crippen molar-refractivity contribution in [2.45, 2.75) is 65.1 Å². The minimum absolute atomic E-state index is 0.137. The van der Waals surface area contributed by atoms with Gasteiger partial charge in [0, 0.05) is 17.3 Å².